The molecular formula is C14H18N2O4. The van der Waals surface area contributed by atoms with Crippen molar-refractivity contribution in [1.29, 1.82) is 0 Å². The van der Waals surface area contributed by atoms with E-state index in [0.29, 0.717) is 30.2 Å². The molecule has 1 heterocycles. The highest BCUT2D eigenvalue weighted by molar-refractivity contribution is 6.02. The second kappa shape index (κ2) is 5.81. The number of ether oxygens (including phenoxy) is 2. The van der Waals surface area contributed by atoms with Crippen molar-refractivity contribution in [3.63, 3.8) is 0 Å². The summed E-state index contributed by atoms with van der Waals surface area (Å²) in [6.45, 7) is 2.62. The van der Waals surface area contributed by atoms with Crippen molar-refractivity contribution >= 4 is 11.8 Å². The van der Waals surface area contributed by atoms with Gasteiger partial charge in [-0.15, -0.1) is 0 Å². The highest BCUT2D eigenvalue weighted by Gasteiger charge is 2.32. The molecule has 1 fully saturated rings. The molecule has 1 aliphatic heterocycles. The van der Waals surface area contributed by atoms with Gasteiger partial charge in [-0.05, 0) is 19.1 Å². The van der Waals surface area contributed by atoms with Crippen LogP contribution in [0.3, 0.4) is 0 Å². The summed E-state index contributed by atoms with van der Waals surface area (Å²) in [5, 5.41) is 2.73. The number of hydrogen-bond acceptors (Lipinski definition) is 4. The minimum Gasteiger partial charge on any atom is -0.496 e. The van der Waals surface area contributed by atoms with E-state index in [1.807, 2.05) is 0 Å². The van der Waals surface area contributed by atoms with Crippen LogP contribution in [-0.4, -0.2) is 50.1 Å². The highest BCUT2D eigenvalue weighted by Crippen LogP contribution is 2.30. The highest BCUT2D eigenvalue weighted by atomic mass is 16.5. The van der Waals surface area contributed by atoms with Crippen molar-refractivity contribution in [3.05, 3.63) is 23.8 Å². The number of methoxy groups -OCH3 is 2. The third kappa shape index (κ3) is 2.41. The summed E-state index contributed by atoms with van der Waals surface area (Å²) in [6, 6.07) is 4.64. The van der Waals surface area contributed by atoms with Crippen LogP contribution in [0.15, 0.2) is 18.2 Å². The van der Waals surface area contributed by atoms with Crippen LogP contribution in [0, 0.1) is 0 Å². The van der Waals surface area contributed by atoms with Gasteiger partial charge in [0.05, 0.1) is 14.2 Å². The summed E-state index contributed by atoms with van der Waals surface area (Å²) < 4.78 is 10.5. The van der Waals surface area contributed by atoms with Gasteiger partial charge >= 0.3 is 0 Å². The molecule has 0 aliphatic carbocycles. The van der Waals surface area contributed by atoms with Gasteiger partial charge in [0.25, 0.3) is 5.91 Å². The van der Waals surface area contributed by atoms with Gasteiger partial charge in [-0.3, -0.25) is 9.59 Å². The number of carbonyl (C=O) groups is 2. The van der Waals surface area contributed by atoms with E-state index in [2.05, 4.69) is 5.32 Å². The van der Waals surface area contributed by atoms with Crippen molar-refractivity contribution in [3.8, 4) is 11.5 Å². The molecule has 20 heavy (non-hydrogen) atoms. The molecule has 1 aliphatic rings. The van der Waals surface area contributed by atoms with Crippen molar-refractivity contribution in [2.24, 2.45) is 0 Å². The van der Waals surface area contributed by atoms with Gasteiger partial charge in [0, 0.05) is 13.1 Å². The smallest absolute Gasteiger partial charge is 0.262 e. The summed E-state index contributed by atoms with van der Waals surface area (Å²) in [6.07, 6.45) is 0. The van der Waals surface area contributed by atoms with Gasteiger partial charge in [-0.1, -0.05) is 6.07 Å². The van der Waals surface area contributed by atoms with Gasteiger partial charge in [-0.25, -0.2) is 0 Å². The molecule has 0 aromatic heterocycles. The van der Waals surface area contributed by atoms with Gasteiger partial charge in [-0.2, -0.15) is 0 Å². The van der Waals surface area contributed by atoms with Crippen LogP contribution in [-0.2, 0) is 4.79 Å². The zero-order valence-electron chi connectivity index (χ0n) is 11.8. The van der Waals surface area contributed by atoms with E-state index >= 15 is 0 Å². The average molecular weight is 278 g/mol. The number of rotatable bonds is 3. The van der Waals surface area contributed by atoms with Gasteiger partial charge in [0.1, 0.15) is 23.1 Å². The molecule has 2 amide bonds. The Bertz CT molecular complexity index is 508. The van der Waals surface area contributed by atoms with E-state index in [1.165, 1.54) is 19.1 Å². The average Bonchev–Trinajstić information content (AvgIpc) is 2.48. The van der Waals surface area contributed by atoms with Gasteiger partial charge in [0.2, 0.25) is 5.91 Å². The fraction of sp³-hybridized carbons (Fsp3) is 0.429. The quantitative estimate of drug-likeness (QED) is 0.882. The van der Waals surface area contributed by atoms with Crippen molar-refractivity contribution in [2.75, 3.05) is 27.3 Å². The number of piperazine rings is 1. The van der Waals surface area contributed by atoms with E-state index in [4.69, 9.17) is 9.47 Å². The summed E-state index contributed by atoms with van der Waals surface area (Å²) in [5.74, 6) is 0.458. The minimum atomic E-state index is -0.508. The summed E-state index contributed by atoms with van der Waals surface area (Å²) in [7, 11) is 3.00. The minimum absolute atomic E-state index is 0.154. The molecule has 2 rings (SSSR count). The Balaban J connectivity index is 2.40. The molecule has 6 nitrogen and oxygen atoms in total. The lowest BCUT2D eigenvalue weighted by Crippen LogP contribution is -2.55. The maximum absolute atomic E-state index is 12.7. The standard InChI is InChI=1S/C14H18N2O4/c1-9-13(17)15-7-8-16(9)14(18)12-10(19-2)5-4-6-11(12)20-3/h4-6,9H,7-8H2,1-3H3,(H,15,17). The molecule has 1 aromatic rings. The number of benzene rings is 1. The fourth-order valence-corrected chi connectivity index (χ4v) is 2.27. The Kier molecular flexibility index (Phi) is 4.12. The van der Waals surface area contributed by atoms with Gasteiger partial charge in [0.15, 0.2) is 0 Å². The maximum atomic E-state index is 12.7. The molecular weight excluding hydrogens is 260 g/mol. The summed E-state index contributed by atoms with van der Waals surface area (Å²) >= 11 is 0. The van der Waals surface area contributed by atoms with Crippen LogP contribution < -0.4 is 14.8 Å². The number of nitrogens with zero attached hydrogens (tertiary/aromatic N) is 1. The lowest BCUT2D eigenvalue weighted by molar-refractivity contribution is -0.127. The first kappa shape index (κ1) is 14.2. The van der Waals surface area contributed by atoms with Crippen molar-refractivity contribution < 1.29 is 19.1 Å². The molecule has 1 atom stereocenters. The Morgan fingerprint density at radius 2 is 1.90 bits per heavy atom. The topological polar surface area (TPSA) is 67.9 Å². The molecule has 1 aromatic carbocycles. The Morgan fingerprint density at radius 3 is 2.45 bits per heavy atom. The number of nitrogens with one attached hydrogen (secondary N) is 1. The zero-order chi connectivity index (χ0) is 14.7. The van der Waals surface area contributed by atoms with E-state index < -0.39 is 6.04 Å². The first-order valence-electron chi connectivity index (χ1n) is 6.39. The van der Waals surface area contributed by atoms with E-state index in [-0.39, 0.29) is 11.8 Å². The molecule has 6 heteroatoms. The number of carbonyl (C=O) groups excluding carboxylic acids is 2. The lowest BCUT2D eigenvalue weighted by Gasteiger charge is -2.33. The van der Waals surface area contributed by atoms with Crippen LogP contribution in [0.1, 0.15) is 17.3 Å². The molecule has 0 saturated carbocycles. The molecule has 0 bridgehead atoms. The maximum Gasteiger partial charge on any atom is 0.262 e. The van der Waals surface area contributed by atoms with Crippen molar-refractivity contribution in [2.45, 2.75) is 13.0 Å². The second-order valence-corrected chi connectivity index (χ2v) is 4.50. The third-order valence-corrected chi connectivity index (χ3v) is 3.40. The van der Waals surface area contributed by atoms with Crippen LogP contribution in [0.5, 0.6) is 11.5 Å². The second-order valence-electron chi connectivity index (χ2n) is 4.50. The van der Waals surface area contributed by atoms with Crippen LogP contribution in [0.4, 0.5) is 0 Å². The Morgan fingerprint density at radius 1 is 1.30 bits per heavy atom. The third-order valence-electron chi connectivity index (χ3n) is 3.40. The van der Waals surface area contributed by atoms with Crippen LogP contribution in [0.2, 0.25) is 0 Å². The van der Waals surface area contributed by atoms with E-state index in [9.17, 15) is 9.59 Å². The zero-order valence-corrected chi connectivity index (χ0v) is 11.8. The molecule has 0 radical (unpaired) electrons. The predicted octanol–water partition coefficient (Wildman–Crippen LogP) is 0.664. The number of amides is 2. The first-order valence-corrected chi connectivity index (χ1v) is 6.39. The van der Waals surface area contributed by atoms with Crippen molar-refractivity contribution in [1.82, 2.24) is 10.2 Å². The summed E-state index contributed by atoms with van der Waals surface area (Å²) in [5.41, 5.74) is 0.346. The fourth-order valence-electron chi connectivity index (χ4n) is 2.27. The summed E-state index contributed by atoms with van der Waals surface area (Å²) in [4.78, 5) is 25.9. The first-order chi connectivity index (χ1) is 9.60. The molecule has 1 N–H and O–H groups in total. The van der Waals surface area contributed by atoms with Crippen LogP contribution in [0.25, 0.3) is 0 Å². The number of hydrogen-bond donors (Lipinski definition) is 1. The van der Waals surface area contributed by atoms with Gasteiger partial charge < -0.3 is 19.7 Å². The molecule has 108 valence electrons. The lowest BCUT2D eigenvalue weighted by atomic mass is 10.1. The largest absolute Gasteiger partial charge is 0.496 e. The molecule has 0 spiro atoms. The Labute approximate surface area is 117 Å². The predicted molar refractivity (Wildman–Crippen MR) is 73.1 cm³/mol. The van der Waals surface area contributed by atoms with E-state index in [0.717, 1.165) is 0 Å². The molecule has 1 saturated heterocycles. The Hall–Kier alpha value is -2.24. The molecule has 1 unspecified atom stereocenters. The SMILES string of the molecule is COc1cccc(OC)c1C(=O)N1CCNC(=O)C1C. The van der Waals surface area contributed by atoms with Crippen LogP contribution >= 0.6 is 0 Å². The monoisotopic (exact) mass is 278 g/mol. The van der Waals surface area contributed by atoms with E-state index in [1.54, 1.807) is 25.1 Å². The normalized spacial score (nSPS) is 18.4.